The Morgan fingerprint density at radius 2 is 1.76 bits per heavy atom. The fourth-order valence-electron chi connectivity index (χ4n) is 5.35. The number of nitrogens with zero attached hydrogens (tertiary/aromatic N) is 2. The van der Waals surface area contributed by atoms with Gasteiger partial charge in [0.2, 0.25) is 0 Å². The van der Waals surface area contributed by atoms with Crippen LogP contribution in [0.4, 0.5) is 0 Å². The Morgan fingerprint density at radius 3 is 2.41 bits per heavy atom. The van der Waals surface area contributed by atoms with Crippen LogP contribution in [-0.4, -0.2) is 29.6 Å². The second-order valence-corrected chi connectivity index (χ2v) is 8.94. The minimum Gasteiger partial charge on any atom is -0.490 e. The summed E-state index contributed by atoms with van der Waals surface area (Å²) < 4.78 is 12.1. The summed E-state index contributed by atoms with van der Waals surface area (Å²) >= 11 is 0. The molecule has 2 amide bonds. The van der Waals surface area contributed by atoms with Crippen molar-refractivity contribution >= 4 is 18.0 Å². The minimum absolute atomic E-state index is 0.163. The fraction of sp³-hybridized carbons (Fsp3) is 0.321. The summed E-state index contributed by atoms with van der Waals surface area (Å²) in [7, 11) is 0. The Hall–Kier alpha value is -3.67. The van der Waals surface area contributed by atoms with Crippen LogP contribution in [0.1, 0.15) is 30.0 Å². The van der Waals surface area contributed by atoms with Gasteiger partial charge >= 0.3 is 0 Å². The molecule has 5 rings (SSSR count). The van der Waals surface area contributed by atoms with Crippen LogP contribution in [0, 0.1) is 23.7 Å². The molecule has 34 heavy (non-hydrogen) atoms. The molecule has 0 aromatic heterocycles. The van der Waals surface area contributed by atoms with Crippen molar-refractivity contribution < 1.29 is 19.1 Å². The highest BCUT2D eigenvalue weighted by atomic mass is 16.5. The van der Waals surface area contributed by atoms with E-state index in [1.807, 2.05) is 49.4 Å². The smallest absolute Gasteiger partial charge is 0.254 e. The van der Waals surface area contributed by atoms with Crippen LogP contribution in [0.15, 0.2) is 72.4 Å². The third-order valence-corrected chi connectivity index (χ3v) is 6.81. The molecule has 0 N–H and O–H groups in total. The standard InChI is InChI=1S/C28H28N2O4/c1-3-8-22-13-19(14-23(33-4-2)26(22)34-17-18-9-6-5-7-10-18)16-29-30-27(31)24-20-11-12-21(15-20)25(24)28(30)32/h3,5-7,9-14,16,20-21,24-25H,1,4,8,15,17H2,2H3/t20-,21-,24-,25+/m0/s1. The monoisotopic (exact) mass is 456 g/mol. The van der Waals surface area contributed by atoms with Gasteiger partial charge in [-0.25, -0.2) is 0 Å². The summed E-state index contributed by atoms with van der Waals surface area (Å²) in [5.74, 6) is 0.676. The Labute approximate surface area is 199 Å². The molecule has 2 aliphatic carbocycles. The molecule has 1 saturated carbocycles. The van der Waals surface area contributed by atoms with Crippen LogP contribution in [0.25, 0.3) is 0 Å². The minimum atomic E-state index is -0.260. The highest BCUT2D eigenvalue weighted by Crippen LogP contribution is 2.52. The van der Waals surface area contributed by atoms with Crippen molar-refractivity contribution in [3.63, 3.8) is 0 Å². The largest absolute Gasteiger partial charge is 0.490 e. The van der Waals surface area contributed by atoms with Gasteiger partial charge in [0.25, 0.3) is 11.8 Å². The predicted molar refractivity (Wildman–Crippen MR) is 129 cm³/mol. The summed E-state index contributed by atoms with van der Waals surface area (Å²) in [6, 6.07) is 13.7. The average molecular weight is 457 g/mol. The molecule has 2 bridgehead atoms. The third kappa shape index (κ3) is 3.94. The number of imide groups is 1. The van der Waals surface area contributed by atoms with Crippen LogP contribution in [0.5, 0.6) is 11.5 Å². The van der Waals surface area contributed by atoms with Gasteiger partial charge in [0, 0.05) is 5.56 Å². The molecule has 6 nitrogen and oxygen atoms in total. The van der Waals surface area contributed by atoms with Gasteiger partial charge in [0.05, 0.1) is 24.7 Å². The van der Waals surface area contributed by atoms with E-state index in [-0.39, 0.29) is 35.5 Å². The number of carbonyl (C=O) groups is 2. The fourth-order valence-corrected chi connectivity index (χ4v) is 5.35. The number of amides is 2. The van der Waals surface area contributed by atoms with Gasteiger partial charge in [-0.05, 0) is 54.9 Å². The van der Waals surface area contributed by atoms with Gasteiger partial charge in [-0.3, -0.25) is 9.59 Å². The van der Waals surface area contributed by atoms with E-state index in [4.69, 9.17) is 9.47 Å². The van der Waals surface area contributed by atoms with Crippen molar-refractivity contribution in [2.75, 3.05) is 6.61 Å². The molecule has 2 fully saturated rings. The molecule has 0 radical (unpaired) electrons. The first-order valence-electron chi connectivity index (χ1n) is 11.8. The summed E-state index contributed by atoms with van der Waals surface area (Å²) in [4.78, 5) is 25.8. The molecule has 6 heteroatoms. The maximum absolute atomic E-state index is 12.9. The summed E-state index contributed by atoms with van der Waals surface area (Å²) in [6.07, 6.45) is 8.99. The predicted octanol–water partition coefficient (Wildman–Crippen LogP) is 4.53. The number of ether oxygens (including phenoxy) is 2. The molecular weight excluding hydrogens is 428 g/mol. The van der Waals surface area contributed by atoms with Crippen LogP contribution in [0.3, 0.4) is 0 Å². The first-order chi connectivity index (χ1) is 16.6. The number of hydrogen-bond acceptors (Lipinski definition) is 5. The summed E-state index contributed by atoms with van der Waals surface area (Å²) in [5, 5.41) is 5.38. The van der Waals surface area contributed by atoms with Crippen molar-refractivity contribution in [1.29, 1.82) is 0 Å². The van der Waals surface area contributed by atoms with Gasteiger partial charge in [0.15, 0.2) is 11.5 Å². The SMILES string of the molecule is C=CCc1cc(C=NN2C(=O)[C@@H]3[C@H](C2=O)[C@H]2C=C[C@H]3C2)cc(OCC)c1OCc1ccccc1. The number of allylic oxidation sites excluding steroid dienone is 3. The summed E-state index contributed by atoms with van der Waals surface area (Å²) in [5.41, 5.74) is 2.68. The van der Waals surface area contributed by atoms with Crippen molar-refractivity contribution in [3.05, 3.63) is 84.0 Å². The molecule has 1 aliphatic heterocycles. The zero-order valence-corrected chi connectivity index (χ0v) is 19.2. The normalized spacial score (nSPS) is 24.8. The van der Waals surface area contributed by atoms with Gasteiger partial charge in [0.1, 0.15) is 6.61 Å². The number of hydrazone groups is 1. The highest BCUT2D eigenvalue weighted by molar-refractivity contribution is 6.06. The van der Waals surface area contributed by atoms with E-state index in [9.17, 15) is 9.59 Å². The van der Waals surface area contributed by atoms with E-state index in [1.165, 1.54) is 0 Å². The number of fused-ring (bicyclic) bond motifs is 5. The van der Waals surface area contributed by atoms with Crippen molar-refractivity contribution in [3.8, 4) is 11.5 Å². The molecule has 1 heterocycles. The number of rotatable bonds is 9. The van der Waals surface area contributed by atoms with Crippen molar-refractivity contribution in [1.82, 2.24) is 5.01 Å². The van der Waals surface area contributed by atoms with E-state index in [2.05, 4.69) is 23.8 Å². The number of hydrogen-bond donors (Lipinski definition) is 0. The van der Waals surface area contributed by atoms with Gasteiger partial charge in [-0.1, -0.05) is 48.6 Å². The van der Waals surface area contributed by atoms with Crippen molar-refractivity contribution in [2.24, 2.45) is 28.8 Å². The van der Waals surface area contributed by atoms with Gasteiger partial charge in [-0.15, -0.1) is 6.58 Å². The van der Waals surface area contributed by atoms with Crippen molar-refractivity contribution in [2.45, 2.75) is 26.4 Å². The molecule has 4 atom stereocenters. The second-order valence-electron chi connectivity index (χ2n) is 8.94. The Balaban J connectivity index is 1.40. The number of benzene rings is 2. The maximum atomic E-state index is 12.9. The quantitative estimate of drug-likeness (QED) is 0.316. The van der Waals surface area contributed by atoms with Crippen LogP contribution >= 0.6 is 0 Å². The van der Waals surface area contributed by atoms with E-state index in [0.29, 0.717) is 31.1 Å². The van der Waals surface area contributed by atoms with Crippen LogP contribution in [0.2, 0.25) is 0 Å². The van der Waals surface area contributed by atoms with E-state index in [1.54, 1.807) is 12.3 Å². The molecule has 3 aliphatic rings. The van der Waals surface area contributed by atoms with Gasteiger partial charge in [-0.2, -0.15) is 10.1 Å². The second kappa shape index (κ2) is 9.29. The third-order valence-electron chi connectivity index (χ3n) is 6.81. The lowest BCUT2D eigenvalue weighted by Gasteiger charge is -2.17. The van der Waals surface area contributed by atoms with E-state index < -0.39 is 0 Å². The Morgan fingerprint density at radius 1 is 1.06 bits per heavy atom. The van der Waals surface area contributed by atoms with Crippen LogP contribution < -0.4 is 9.47 Å². The topological polar surface area (TPSA) is 68.2 Å². The lowest BCUT2D eigenvalue weighted by molar-refractivity contribution is -0.140. The zero-order chi connectivity index (χ0) is 23.7. The Kier molecular flexibility index (Phi) is 6.05. The first kappa shape index (κ1) is 22.1. The molecule has 0 unspecified atom stereocenters. The zero-order valence-electron chi connectivity index (χ0n) is 19.2. The average Bonchev–Trinajstić information content (AvgIpc) is 3.52. The van der Waals surface area contributed by atoms with E-state index in [0.717, 1.165) is 28.1 Å². The van der Waals surface area contributed by atoms with Crippen LogP contribution in [-0.2, 0) is 22.6 Å². The lowest BCUT2D eigenvalue weighted by atomic mass is 9.85. The molecule has 1 saturated heterocycles. The molecule has 2 aromatic carbocycles. The highest BCUT2D eigenvalue weighted by Gasteiger charge is 2.59. The van der Waals surface area contributed by atoms with E-state index >= 15 is 0 Å². The molecule has 0 spiro atoms. The molecule has 174 valence electrons. The maximum Gasteiger partial charge on any atom is 0.254 e. The summed E-state index contributed by atoms with van der Waals surface area (Å²) in [6.45, 7) is 6.66. The Bertz CT molecular complexity index is 1140. The molecular formula is C28H28N2O4. The first-order valence-corrected chi connectivity index (χ1v) is 11.8. The number of carbonyl (C=O) groups excluding carboxylic acids is 2. The molecule has 2 aromatic rings. The lowest BCUT2D eigenvalue weighted by Crippen LogP contribution is -2.28. The van der Waals surface area contributed by atoms with Gasteiger partial charge < -0.3 is 9.47 Å².